The zero-order valence-electron chi connectivity index (χ0n) is 16.6. The molecule has 1 N–H and O–H groups in total. The smallest absolute Gasteiger partial charge is 0.318 e. The summed E-state index contributed by atoms with van der Waals surface area (Å²) in [5, 5.41) is 3.08. The molecule has 4 heteroatoms. The minimum absolute atomic E-state index is 0.0177. The summed E-state index contributed by atoms with van der Waals surface area (Å²) >= 11 is 0. The van der Waals surface area contributed by atoms with Gasteiger partial charge in [0.05, 0.1) is 18.3 Å². The van der Waals surface area contributed by atoms with Gasteiger partial charge in [0.25, 0.3) is 0 Å². The Kier molecular flexibility index (Phi) is 5.20. The fraction of sp³-hybridized carbons (Fsp3) is 0.292. The number of rotatable bonds is 4. The molecule has 144 valence electrons. The highest BCUT2D eigenvalue weighted by Gasteiger charge is 2.32. The molecule has 0 bridgehead atoms. The summed E-state index contributed by atoms with van der Waals surface area (Å²) in [7, 11) is 0. The summed E-state index contributed by atoms with van der Waals surface area (Å²) in [4.78, 5) is 15.1. The monoisotopic (exact) mass is 373 g/mol. The third-order valence-corrected chi connectivity index (χ3v) is 5.45. The fourth-order valence-corrected chi connectivity index (χ4v) is 3.96. The second-order valence-corrected chi connectivity index (χ2v) is 7.29. The number of para-hydroxylation sites is 1. The molecule has 0 spiro atoms. The molecule has 0 radical (unpaired) electrons. The van der Waals surface area contributed by atoms with Crippen LogP contribution < -0.4 is 5.32 Å². The first kappa shape index (κ1) is 18.4. The largest absolute Gasteiger partial charge is 0.338 e. The highest BCUT2D eigenvalue weighted by atomic mass is 16.2. The summed E-state index contributed by atoms with van der Waals surface area (Å²) < 4.78 is 2.22. The number of hydrogen-bond acceptors (Lipinski definition) is 1. The Hall–Kier alpha value is -3.01. The van der Waals surface area contributed by atoms with Gasteiger partial charge in [0.2, 0.25) is 0 Å². The molecule has 28 heavy (non-hydrogen) atoms. The lowest BCUT2D eigenvalue weighted by Crippen LogP contribution is -2.42. The predicted molar refractivity (Wildman–Crippen MR) is 113 cm³/mol. The van der Waals surface area contributed by atoms with Crippen LogP contribution >= 0.6 is 0 Å². The molecule has 1 atom stereocenters. The minimum atomic E-state index is -0.134. The van der Waals surface area contributed by atoms with Gasteiger partial charge in [0.1, 0.15) is 0 Å². The van der Waals surface area contributed by atoms with E-state index in [0.29, 0.717) is 13.1 Å². The molecule has 0 fully saturated rings. The van der Waals surface area contributed by atoms with Gasteiger partial charge in [-0.25, -0.2) is 4.79 Å². The van der Waals surface area contributed by atoms with Gasteiger partial charge in [0, 0.05) is 18.4 Å². The normalized spacial score (nSPS) is 15.5. The standard InChI is InChI=1S/C24H27N3O/c1-3-15-25-24(28)27-17-20-8-5-6-9-21(20)26-16-7-10-22(26)23(27)19-13-11-18(4-2)12-14-19/h5-14,16,23H,3-4,15,17H2,1-2H3,(H,25,28). The van der Waals surface area contributed by atoms with E-state index >= 15 is 0 Å². The van der Waals surface area contributed by atoms with E-state index in [0.717, 1.165) is 35.3 Å². The van der Waals surface area contributed by atoms with Crippen molar-refractivity contribution in [1.29, 1.82) is 0 Å². The molecular formula is C24H27N3O. The van der Waals surface area contributed by atoms with E-state index in [-0.39, 0.29) is 12.1 Å². The van der Waals surface area contributed by atoms with E-state index in [2.05, 4.69) is 84.5 Å². The molecule has 2 heterocycles. The lowest BCUT2D eigenvalue weighted by Gasteiger charge is -2.31. The van der Waals surface area contributed by atoms with Crippen LogP contribution in [0.15, 0.2) is 66.9 Å². The lowest BCUT2D eigenvalue weighted by molar-refractivity contribution is 0.180. The van der Waals surface area contributed by atoms with Gasteiger partial charge < -0.3 is 14.8 Å². The van der Waals surface area contributed by atoms with Crippen molar-refractivity contribution in [3.8, 4) is 5.69 Å². The van der Waals surface area contributed by atoms with E-state index in [1.54, 1.807) is 0 Å². The Labute approximate surface area is 166 Å². The SMILES string of the molecule is CCCNC(=O)N1Cc2ccccc2-n2cccc2C1c1ccc(CC)cc1. The Morgan fingerprint density at radius 3 is 2.57 bits per heavy atom. The molecular weight excluding hydrogens is 346 g/mol. The summed E-state index contributed by atoms with van der Waals surface area (Å²) in [6.45, 7) is 5.49. The Bertz CT molecular complexity index is 958. The van der Waals surface area contributed by atoms with Crippen LogP contribution in [-0.4, -0.2) is 22.0 Å². The molecule has 1 aliphatic rings. The molecule has 2 aromatic carbocycles. The maximum absolute atomic E-state index is 13.2. The molecule has 3 aromatic rings. The van der Waals surface area contributed by atoms with Crippen LogP contribution in [0.2, 0.25) is 0 Å². The third kappa shape index (κ3) is 3.31. The number of nitrogens with one attached hydrogen (secondary N) is 1. The molecule has 0 saturated heterocycles. The second-order valence-electron chi connectivity index (χ2n) is 7.29. The molecule has 0 saturated carbocycles. The highest BCUT2D eigenvalue weighted by molar-refractivity contribution is 5.76. The maximum atomic E-state index is 13.2. The molecule has 1 unspecified atom stereocenters. The van der Waals surface area contributed by atoms with Crippen molar-refractivity contribution in [2.24, 2.45) is 0 Å². The van der Waals surface area contributed by atoms with E-state index in [1.807, 2.05) is 11.0 Å². The molecule has 1 aromatic heterocycles. The second kappa shape index (κ2) is 7.93. The van der Waals surface area contributed by atoms with E-state index in [1.165, 1.54) is 5.56 Å². The van der Waals surface area contributed by atoms with Gasteiger partial charge in [0.15, 0.2) is 0 Å². The third-order valence-electron chi connectivity index (χ3n) is 5.45. The van der Waals surface area contributed by atoms with Crippen molar-refractivity contribution in [2.45, 2.75) is 39.3 Å². The number of fused-ring (bicyclic) bond motifs is 3. The van der Waals surface area contributed by atoms with Crippen LogP contribution in [0.3, 0.4) is 0 Å². The average molecular weight is 374 g/mol. The molecule has 4 rings (SSSR count). The summed E-state index contributed by atoms with van der Waals surface area (Å²) in [5.41, 5.74) is 5.85. The number of benzene rings is 2. The Morgan fingerprint density at radius 2 is 1.82 bits per heavy atom. The van der Waals surface area contributed by atoms with Crippen LogP contribution in [0.4, 0.5) is 4.79 Å². The van der Waals surface area contributed by atoms with Gasteiger partial charge in [-0.1, -0.05) is 56.3 Å². The molecule has 2 amide bonds. The fourth-order valence-electron chi connectivity index (χ4n) is 3.96. The first-order chi connectivity index (χ1) is 13.7. The maximum Gasteiger partial charge on any atom is 0.318 e. The summed E-state index contributed by atoms with van der Waals surface area (Å²) in [6, 6.07) is 21.0. The molecule has 1 aliphatic heterocycles. The molecule has 0 aliphatic carbocycles. The van der Waals surface area contributed by atoms with E-state index in [9.17, 15) is 4.79 Å². The van der Waals surface area contributed by atoms with Crippen molar-refractivity contribution in [2.75, 3.05) is 6.54 Å². The first-order valence-electron chi connectivity index (χ1n) is 10.1. The van der Waals surface area contributed by atoms with Gasteiger partial charge in [-0.05, 0) is 47.7 Å². The highest BCUT2D eigenvalue weighted by Crippen LogP contribution is 2.36. The van der Waals surface area contributed by atoms with Gasteiger partial charge in [-0.3, -0.25) is 0 Å². The minimum Gasteiger partial charge on any atom is -0.338 e. The lowest BCUT2D eigenvalue weighted by atomic mass is 10.00. The van der Waals surface area contributed by atoms with Crippen LogP contribution in [-0.2, 0) is 13.0 Å². The zero-order chi connectivity index (χ0) is 19.5. The number of carbonyl (C=O) groups is 1. The van der Waals surface area contributed by atoms with Crippen molar-refractivity contribution < 1.29 is 4.79 Å². The van der Waals surface area contributed by atoms with E-state index in [4.69, 9.17) is 0 Å². The van der Waals surface area contributed by atoms with Crippen LogP contribution in [0.5, 0.6) is 0 Å². The van der Waals surface area contributed by atoms with Crippen molar-refractivity contribution in [3.05, 3.63) is 89.2 Å². The van der Waals surface area contributed by atoms with Crippen molar-refractivity contribution in [1.82, 2.24) is 14.8 Å². The van der Waals surface area contributed by atoms with Crippen LogP contribution in [0, 0.1) is 0 Å². The first-order valence-corrected chi connectivity index (χ1v) is 10.1. The van der Waals surface area contributed by atoms with Gasteiger partial charge in [-0.2, -0.15) is 0 Å². The number of urea groups is 1. The quantitative estimate of drug-likeness (QED) is 0.681. The number of aromatic nitrogens is 1. The van der Waals surface area contributed by atoms with Crippen LogP contribution in [0.1, 0.15) is 48.7 Å². The van der Waals surface area contributed by atoms with Gasteiger partial charge >= 0.3 is 6.03 Å². The average Bonchev–Trinajstić information content (AvgIpc) is 3.16. The predicted octanol–water partition coefficient (Wildman–Crippen LogP) is 5.06. The number of aryl methyl sites for hydroxylation is 1. The van der Waals surface area contributed by atoms with Crippen molar-refractivity contribution in [3.63, 3.8) is 0 Å². The number of amides is 2. The Morgan fingerprint density at radius 1 is 1.04 bits per heavy atom. The van der Waals surface area contributed by atoms with Gasteiger partial charge in [-0.15, -0.1) is 0 Å². The van der Waals surface area contributed by atoms with E-state index < -0.39 is 0 Å². The summed E-state index contributed by atoms with van der Waals surface area (Å²) in [5.74, 6) is 0. The molecule has 4 nitrogen and oxygen atoms in total. The number of carbonyl (C=O) groups excluding carboxylic acids is 1. The van der Waals surface area contributed by atoms with Crippen molar-refractivity contribution >= 4 is 6.03 Å². The number of hydrogen-bond donors (Lipinski definition) is 1. The van der Waals surface area contributed by atoms with Crippen LogP contribution in [0.25, 0.3) is 5.69 Å². The number of nitrogens with zero attached hydrogens (tertiary/aromatic N) is 2. The topological polar surface area (TPSA) is 37.3 Å². The zero-order valence-corrected chi connectivity index (χ0v) is 16.6. The Balaban J connectivity index is 1.85. The summed E-state index contributed by atoms with van der Waals surface area (Å²) in [6.07, 6.45) is 4.02.